The van der Waals surface area contributed by atoms with E-state index in [1.807, 2.05) is 0 Å². The lowest BCUT2D eigenvalue weighted by Crippen LogP contribution is -2.28. The van der Waals surface area contributed by atoms with Crippen LogP contribution in [0.15, 0.2) is 65.6 Å². The molecule has 196 valence electrons. The van der Waals surface area contributed by atoms with Crippen molar-refractivity contribution in [3.63, 3.8) is 0 Å². The highest BCUT2D eigenvalue weighted by Gasteiger charge is 2.41. The van der Waals surface area contributed by atoms with Gasteiger partial charge in [0.1, 0.15) is 24.7 Å². The first kappa shape index (κ1) is 26.2. The Bertz CT molecular complexity index is 1290. The molecule has 0 bridgehead atoms. The molecule has 0 amide bonds. The van der Waals surface area contributed by atoms with Crippen molar-refractivity contribution in [2.45, 2.75) is 25.6 Å². The van der Waals surface area contributed by atoms with Crippen LogP contribution in [0.25, 0.3) is 5.69 Å². The molecule has 1 aliphatic rings. The van der Waals surface area contributed by atoms with Gasteiger partial charge in [0.2, 0.25) is 0 Å². The van der Waals surface area contributed by atoms with E-state index in [0.717, 1.165) is 31.8 Å². The zero-order chi connectivity index (χ0) is 26.4. The van der Waals surface area contributed by atoms with Crippen LogP contribution in [-0.4, -0.2) is 47.9 Å². The molecule has 0 aliphatic carbocycles. The fraction of sp³-hybridized carbons (Fsp3) is 0.308. The van der Waals surface area contributed by atoms with E-state index in [4.69, 9.17) is 9.47 Å². The fourth-order valence-electron chi connectivity index (χ4n) is 3.81. The number of nitrogens with zero attached hydrogens (tertiary/aromatic N) is 2. The number of halogens is 4. The minimum Gasteiger partial charge on any atom is -0.492 e. The summed E-state index contributed by atoms with van der Waals surface area (Å²) in [6, 6.07) is 12.9. The quantitative estimate of drug-likeness (QED) is 0.235. The van der Waals surface area contributed by atoms with Crippen molar-refractivity contribution in [1.82, 2.24) is 9.47 Å². The van der Waals surface area contributed by atoms with Gasteiger partial charge in [-0.1, -0.05) is 6.07 Å². The number of pyridine rings is 1. The number of carbonyl (C=O) groups is 1. The summed E-state index contributed by atoms with van der Waals surface area (Å²) in [5.41, 5.74) is 0.480. The first-order chi connectivity index (χ1) is 17.7. The van der Waals surface area contributed by atoms with E-state index in [0.29, 0.717) is 18.0 Å². The second-order valence-electron chi connectivity index (χ2n) is 8.40. The Morgan fingerprint density at radius 2 is 1.65 bits per heavy atom. The van der Waals surface area contributed by atoms with Crippen molar-refractivity contribution >= 4 is 5.97 Å². The van der Waals surface area contributed by atoms with Gasteiger partial charge in [-0.2, -0.15) is 13.2 Å². The van der Waals surface area contributed by atoms with Crippen LogP contribution >= 0.6 is 0 Å². The second kappa shape index (κ2) is 11.5. The maximum atomic E-state index is 13.8. The number of aromatic nitrogens is 1. The van der Waals surface area contributed by atoms with Gasteiger partial charge in [-0.3, -0.25) is 14.3 Å². The van der Waals surface area contributed by atoms with E-state index >= 15 is 0 Å². The van der Waals surface area contributed by atoms with Crippen molar-refractivity contribution in [3.8, 4) is 22.9 Å². The molecule has 1 saturated heterocycles. The Morgan fingerprint density at radius 1 is 0.919 bits per heavy atom. The smallest absolute Gasteiger partial charge is 0.491 e. The van der Waals surface area contributed by atoms with Crippen LogP contribution in [0.1, 0.15) is 18.4 Å². The highest BCUT2D eigenvalue weighted by Crippen LogP contribution is 2.24. The van der Waals surface area contributed by atoms with Crippen molar-refractivity contribution in [2.24, 2.45) is 0 Å². The molecule has 2 heterocycles. The predicted molar refractivity (Wildman–Crippen MR) is 126 cm³/mol. The summed E-state index contributed by atoms with van der Waals surface area (Å²) in [5, 5.41) is 0. The molecule has 1 aliphatic heterocycles. The number of esters is 1. The molecule has 1 aromatic heterocycles. The van der Waals surface area contributed by atoms with Crippen molar-refractivity contribution in [3.05, 3.63) is 82.5 Å². The van der Waals surface area contributed by atoms with Gasteiger partial charge >= 0.3 is 12.1 Å². The van der Waals surface area contributed by atoms with Gasteiger partial charge in [0.25, 0.3) is 5.56 Å². The molecule has 0 atom stereocenters. The highest BCUT2D eigenvalue weighted by atomic mass is 19.4. The topological polar surface area (TPSA) is 70.0 Å². The zero-order valence-corrected chi connectivity index (χ0v) is 19.7. The number of hydrogen-bond donors (Lipinski definition) is 0. The SMILES string of the molecule is O=C(Oc1cc(COc2ccn(-c3ccc(OCCN4CCCC4)cc3)c(=O)c2)ccc1F)C(F)(F)F. The van der Waals surface area contributed by atoms with Crippen LogP contribution in [-0.2, 0) is 11.4 Å². The van der Waals surface area contributed by atoms with Gasteiger partial charge < -0.3 is 14.2 Å². The molecule has 11 heteroatoms. The predicted octanol–water partition coefficient (Wildman–Crippen LogP) is 4.50. The van der Waals surface area contributed by atoms with Crippen LogP contribution in [0.2, 0.25) is 0 Å². The Labute approximate surface area is 209 Å². The van der Waals surface area contributed by atoms with Gasteiger partial charge in [-0.15, -0.1) is 0 Å². The average molecular weight is 520 g/mol. The van der Waals surface area contributed by atoms with Gasteiger partial charge in [0.05, 0.1) is 0 Å². The first-order valence-corrected chi connectivity index (χ1v) is 11.6. The van der Waals surface area contributed by atoms with Crippen LogP contribution in [0.3, 0.4) is 0 Å². The molecule has 0 unspecified atom stereocenters. The van der Waals surface area contributed by atoms with E-state index in [9.17, 15) is 27.2 Å². The van der Waals surface area contributed by atoms with Crippen LogP contribution in [0, 0.1) is 5.82 Å². The number of hydrogen-bond acceptors (Lipinski definition) is 6. The average Bonchev–Trinajstić information content (AvgIpc) is 3.38. The number of benzene rings is 2. The standard InChI is InChI=1S/C26H24F4N2O5/c27-22-8-3-18(15-23(22)37-25(34)26(28,29)30)17-36-21-9-12-32(24(33)16-21)19-4-6-20(7-5-19)35-14-13-31-10-1-2-11-31/h3-9,12,15-16H,1-2,10-11,13-14,17H2. The molecular weight excluding hydrogens is 496 g/mol. The normalized spacial score (nSPS) is 13.9. The molecule has 0 N–H and O–H groups in total. The zero-order valence-electron chi connectivity index (χ0n) is 19.7. The molecule has 7 nitrogen and oxygen atoms in total. The van der Waals surface area contributed by atoms with Crippen LogP contribution in [0.5, 0.6) is 17.2 Å². The fourth-order valence-corrected chi connectivity index (χ4v) is 3.81. The Kier molecular flexibility index (Phi) is 8.12. The van der Waals surface area contributed by atoms with Crippen molar-refractivity contribution in [2.75, 3.05) is 26.2 Å². The maximum Gasteiger partial charge on any atom is 0.491 e. The highest BCUT2D eigenvalue weighted by molar-refractivity contribution is 5.78. The monoisotopic (exact) mass is 520 g/mol. The summed E-state index contributed by atoms with van der Waals surface area (Å²) in [6.45, 7) is 3.47. The molecule has 0 saturated carbocycles. The van der Waals surface area contributed by atoms with Crippen LogP contribution < -0.4 is 19.8 Å². The molecule has 1 fully saturated rings. The van der Waals surface area contributed by atoms with Crippen molar-refractivity contribution in [1.29, 1.82) is 0 Å². The number of likely N-dealkylation sites (tertiary alicyclic amines) is 1. The van der Waals surface area contributed by atoms with E-state index in [1.54, 1.807) is 24.3 Å². The summed E-state index contributed by atoms with van der Waals surface area (Å²) in [4.78, 5) is 25.9. The van der Waals surface area contributed by atoms with Gasteiger partial charge in [0.15, 0.2) is 11.6 Å². The van der Waals surface area contributed by atoms with E-state index < -0.39 is 23.7 Å². The number of ether oxygens (including phenoxy) is 3. The van der Waals surface area contributed by atoms with E-state index in [2.05, 4.69) is 9.64 Å². The minimum absolute atomic E-state index is 0.196. The lowest BCUT2D eigenvalue weighted by Gasteiger charge is -2.15. The first-order valence-electron chi connectivity index (χ1n) is 11.6. The van der Waals surface area contributed by atoms with Crippen molar-refractivity contribution < 1.29 is 36.6 Å². The number of carbonyl (C=O) groups excluding carboxylic acids is 1. The Hall–Kier alpha value is -3.86. The molecule has 4 rings (SSSR count). The Balaban J connectivity index is 1.34. The third-order valence-electron chi connectivity index (χ3n) is 5.72. The van der Waals surface area contributed by atoms with Gasteiger partial charge in [-0.25, -0.2) is 9.18 Å². The van der Waals surface area contributed by atoms with Gasteiger partial charge in [0, 0.05) is 24.5 Å². The van der Waals surface area contributed by atoms with E-state index in [1.165, 1.54) is 41.8 Å². The molecule has 3 aromatic rings. The number of rotatable bonds is 9. The third kappa shape index (κ3) is 7.10. The van der Waals surface area contributed by atoms with E-state index in [-0.39, 0.29) is 23.5 Å². The Morgan fingerprint density at radius 3 is 2.32 bits per heavy atom. The van der Waals surface area contributed by atoms with Gasteiger partial charge in [-0.05, 0) is 74.0 Å². The summed E-state index contributed by atoms with van der Waals surface area (Å²) < 4.78 is 67.7. The largest absolute Gasteiger partial charge is 0.492 e. The molecule has 0 radical (unpaired) electrons. The van der Waals surface area contributed by atoms with Crippen LogP contribution in [0.4, 0.5) is 17.6 Å². The molecule has 0 spiro atoms. The molecule has 2 aromatic carbocycles. The maximum absolute atomic E-state index is 13.8. The molecule has 37 heavy (non-hydrogen) atoms. The second-order valence-corrected chi connectivity index (χ2v) is 8.40. The molecular formula is C26H24F4N2O5. The summed E-state index contributed by atoms with van der Waals surface area (Å²) in [5.74, 6) is -3.64. The minimum atomic E-state index is -5.26. The lowest BCUT2D eigenvalue weighted by atomic mass is 10.2. The third-order valence-corrected chi connectivity index (χ3v) is 5.72. The summed E-state index contributed by atoms with van der Waals surface area (Å²) >= 11 is 0. The lowest BCUT2D eigenvalue weighted by molar-refractivity contribution is -0.189. The number of alkyl halides is 3. The summed E-state index contributed by atoms with van der Waals surface area (Å²) in [7, 11) is 0. The summed E-state index contributed by atoms with van der Waals surface area (Å²) in [6.07, 6.45) is -1.29.